The molecule has 1 aromatic heterocycles. The Labute approximate surface area is 200 Å². The zero-order chi connectivity index (χ0) is 25.4. The number of benzene rings is 2. The summed E-state index contributed by atoms with van der Waals surface area (Å²) in [6.07, 6.45) is -4.76. The molecular weight excluding hydrogens is 465 g/mol. The van der Waals surface area contributed by atoms with Crippen LogP contribution in [-0.2, 0) is 27.2 Å². The zero-order valence-corrected chi connectivity index (χ0v) is 19.2. The third kappa shape index (κ3) is 7.33. The highest BCUT2D eigenvalue weighted by Crippen LogP contribution is 2.22. The Balaban J connectivity index is 1.57. The lowest BCUT2D eigenvalue weighted by Crippen LogP contribution is -2.48. The molecule has 1 amide bonds. The molecule has 0 spiro atoms. The number of halogens is 3. The maximum absolute atomic E-state index is 12.6. The Morgan fingerprint density at radius 1 is 1.09 bits per heavy atom. The van der Waals surface area contributed by atoms with E-state index >= 15 is 0 Å². The summed E-state index contributed by atoms with van der Waals surface area (Å²) >= 11 is 0. The number of aromatic nitrogens is 1. The SMILES string of the molecule is CCOC(=O)C(Cc1ccc(OCCc2nc(-c3ccccc3)oc2C)cc1)NC(=O)C(F)(F)F. The van der Waals surface area contributed by atoms with Crippen LogP contribution in [0.3, 0.4) is 0 Å². The number of carbonyl (C=O) groups is 2. The van der Waals surface area contributed by atoms with E-state index in [4.69, 9.17) is 13.9 Å². The number of nitrogens with zero attached hydrogens (tertiary/aromatic N) is 1. The van der Waals surface area contributed by atoms with Crippen LogP contribution in [0.4, 0.5) is 13.2 Å². The number of alkyl halides is 3. The predicted molar refractivity (Wildman–Crippen MR) is 121 cm³/mol. The summed E-state index contributed by atoms with van der Waals surface area (Å²) in [7, 11) is 0. The quantitative estimate of drug-likeness (QED) is 0.423. The second kappa shape index (κ2) is 11.5. The van der Waals surface area contributed by atoms with Gasteiger partial charge in [0.25, 0.3) is 0 Å². The van der Waals surface area contributed by atoms with Crippen molar-refractivity contribution in [3.05, 3.63) is 71.6 Å². The number of rotatable bonds is 10. The van der Waals surface area contributed by atoms with Gasteiger partial charge in [-0.05, 0) is 43.7 Å². The molecule has 186 valence electrons. The fourth-order valence-corrected chi connectivity index (χ4v) is 3.26. The molecule has 0 fully saturated rings. The first-order chi connectivity index (χ1) is 16.7. The highest BCUT2D eigenvalue weighted by Gasteiger charge is 2.41. The molecular formula is C25H25F3N2O5. The van der Waals surface area contributed by atoms with Gasteiger partial charge in [-0.25, -0.2) is 9.78 Å². The molecule has 35 heavy (non-hydrogen) atoms. The largest absolute Gasteiger partial charge is 0.493 e. The number of esters is 1. The molecule has 1 heterocycles. The Bertz CT molecular complexity index is 1130. The summed E-state index contributed by atoms with van der Waals surface area (Å²) < 4.78 is 54.1. The van der Waals surface area contributed by atoms with Crippen molar-refractivity contribution < 1.29 is 36.7 Å². The van der Waals surface area contributed by atoms with Crippen molar-refractivity contribution >= 4 is 11.9 Å². The van der Waals surface area contributed by atoms with E-state index < -0.39 is 24.1 Å². The van der Waals surface area contributed by atoms with E-state index in [0.29, 0.717) is 36.0 Å². The number of hydrogen-bond acceptors (Lipinski definition) is 6. The normalized spacial score (nSPS) is 12.1. The molecule has 0 aliphatic heterocycles. The number of amides is 1. The lowest BCUT2D eigenvalue weighted by atomic mass is 10.1. The van der Waals surface area contributed by atoms with Crippen molar-refractivity contribution in [2.75, 3.05) is 13.2 Å². The fraction of sp³-hybridized carbons (Fsp3) is 0.320. The third-order valence-corrected chi connectivity index (χ3v) is 5.02. The average molecular weight is 490 g/mol. The molecule has 2 aromatic carbocycles. The Kier molecular flexibility index (Phi) is 8.51. The standard InChI is InChI=1S/C25H25F3N2O5/c1-3-33-23(31)21(30-24(32)25(26,27)28)15-17-9-11-19(12-10-17)34-14-13-20-16(2)35-22(29-20)18-7-5-4-6-8-18/h4-12,21H,3,13-15H2,1-2H3,(H,30,32). The van der Waals surface area contributed by atoms with Crippen molar-refractivity contribution in [1.82, 2.24) is 10.3 Å². The van der Waals surface area contributed by atoms with Crippen molar-refractivity contribution in [3.63, 3.8) is 0 Å². The van der Waals surface area contributed by atoms with Gasteiger partial charge in [-0.2, -0.15) is 13.2 Å². The fourth-order valence-electron chi connectivity index (χ4n) is 3.26. The van der Waals surface area contributed by atoms with Crippen molar-refractivity contribution in [2.24, 2.45) is 0 Å². The lowest BCUT2D eigenvalue weighted by molar-refractivity contribution is -0.175. The van der Waals surface area contributed by atoms with Gasteiger partial charge in [0.15, 0.2) is 0 Å². The summed E-state index contributed by atoms with van der Waals surface area (Å²) in [4.78, 5) is 27.8. The summed E-state index contributed by atoms with van der Waals surface area (Å²) in [6, 6.07) is 14.6. The van der Waals surface area contributed by atoms with Crippen LogP contribution in [-0.4, -0.2) is 42.3 Å². The minimum Gasteiger partial charge on any atom is -0.493 e. The van der Waals surface area contributed by atoms with Gasteiger partial charge in [-0.15, -0.1) is 0 Å². The van der Waals surface area contributed by atoms with Crippen LogP contribution in [0, 0.1) is 6.92 Å². The summed E-state index contributed by atoms with van der Waals surface area (Å²) in [5, 5.41) is 1.69. The summed E-state index contributed by atoms with van der Waals surface area (Å²) in [5.74, 6) is -1.37. The third-order valence-electron chi connectivity index (χ3n) is 5.02. The van der Waals surface area contributed by atoms with Gasteiger partial charge in [-0.3, -0.25) is 4.79 Å². The molecule has 0 saturated heterocycles. The second-order valence-electron chi connectivity index (χ2n) is 7.61. The molecule has 3 aromatic rings. The topological polar surface area (TPSA) is 90.7 Å². The molecule has 0 bridgehead atoms. The first kappa shape index (κ1) is 25.8. The highest BCUT2D eigenvalue weighted by atomic mass is 19.4. The van der Waals surface area contributed by atoms with Gasteiger partial charge in [0.2, 0.25) is 5.89 Å². The minimum atomic E-state index is -5.10. The molecule has 0 saturated carbocycles. The van der Waals surface area contributed by atoms with Crippen LogP contribution < -0.4 is 10.1 Å². The minimum absolute atomic E-state index is 0.0260. The molecule has 7 nitrogen and oxygen atoms in total. The molecule has 10 heteroatoms. The first-order valence-corrected chi connectivity index (χ1v) is 10.9. The monoisotopic (exact) mass is 490 g/mol. The highest BCUT2D eigenvalue weighted by molar-refractivity contribution is 5.87. The van der Waals surface area contributed by atoms with E-state index in [2.05, 4.69) is 4.98 Å². The zero-order valence-electron chi connectivity index (χ0n) is 19.2. The van der Waals surface area contributed by atoms with Crippen LogP contribution in [0.1, 0.15) is 23.9 Å². The molecule has 1 N–H and O–H groups in total. The van der Waals surface area contributed by atoms with Crippen LogP contribution in [0.5, 0.6) is 5.75 Å². The van der Waals surface area contributed by atoms with Gasteiger partial charge in [0.1, 0.15) is 17.6 Å². The van der Waals surface area contributed by atoms with Crippen molar-refractivity contribution in [1.29, 1.82) is 0 Å². The van der Waals surface area contributed by atoms with Gasteiger partial charge >= 0.3 is 18.1 Å². The van der Waals surface area contributed by atoms with E-state index in [0.717, 1.165) is 11.3 Å². The maximum atomic E-state index is 12.6. The molecule has 1 unspecified atom stereocenters. The molecule has 0 aliphatic rings. The maximum Gasteiger partial charge on any atom is 0.471 e. The first-order valence-electron chi connectivity index (χ1n) is 10.9. The lowest BCUT2D eigenvalue weighted by Gasteiger charge is -2.18. The van der Waals surface area contributed by atoms with E-state index in [1.54, 1.807) is 29.6 Å². The Hall–Kier alpha value is -3.82. The number of carbonyl (C=O) groups excluding carboxylic acids is 2. The van der Waals surface area contributed by atoms with E-state index in [9.17, 15) is 22.8 Å². The van der Waals surface area contributed by atoms with E-state index in [1.807, 2.05) is 37.3 Å². The molecule has 1 atom stereocenters. The summed E-state index contributed by atoms with van der Waals surface area (Å²) in [5.41, 5.74) is 2.18. The van der Waals surface area contributed by atoms with Crippen LogP contribution in [0.25, 0.3) is 11.5 Å². The van der Waals surface area contributed by atoms with Crippen LogP contribution in [0.2, 0.25) is 0 Å². The molecule has 0 radical (unpaired) electrons. The van der Waals surface area contributed by atoms with Gasteiger partial charge in [0, 0.05) is 18.4 Å². The van der Waals surface area contributed by atoms with Crippen LogP contribution >= 0.6 is 0 Å². The van der Waals surface area contributed by atoms with Crippen LogP contribution in [0.15, 0.2) is 59.0 Å². The number of ether oxygens (including phenoxy) is 2. The van der Waals surface area contributed by atoms with Crippen molar-refractivity contribution in [2.45, 2.75) is 38.9 Å². The van der Waals surface area contributed by atoms with Gasteiger partial charge in [-0.1, -0.05) is 30.3 Å². The number of nitrogens with one attached hydrogen (secondary N) is 1. The number of aryl methyl sites for hydroxylation is 1. The molecule has 3 rings (SSSR count). The Morgan fingerprint density at radius 2 is 1.77 bits per heavy atom. The number of hydrogen-bond donors (Lipinski definition) is 1. The number of oxazole rings is 1. The van der Waals surface area contributed by atoms with Gasteiger partial charge in [0.05, 0.1) is 18.9 Å². The molecule has 0 aliphatic carbocycles. The smallest absolute Gasteiger partial charge is 0.471 e. The van der Waals surface area contributed by atoms with E-state index in [-0.39, 0.29) is 13.0 Å². The van der Waals surface area contributed by atoms with E-state index in [1.165, 1.54) is 6.92 Å². The summed E-state index contributed by atoms with van der Waals surface area (Å²) in [6.45, 7) is 3.66. The van der Waals surface area contributed by atoms with Crippen molar-refractivity contribution in [3.8, 4) is 17.2 Å². The van der Waals surface area contributed by atoms with Gasteiger partial charge < -0.3 is 19.2 Å². The average Bonchev–Trinajstić information content (AvgIpc) is 3.20. The predicted octanol–water partition coefficient (Wildman–Crippen LogP) is 4.42. The Morgan fingerprint density at radius 3 is 2.40 bits per heavy atom. The second-order valence-corrected chi connectivity index (χ2v) is 7.61.